The Kier molecular flexibility index (Phi) is 5.14. The Hall–Kier alpha value is -2.23. The van der Waals surface area contributed by atoms with Crippen LogP contribution in [0.3, 0.4) is 0 Å². The number of anilines is 1. The van der Waals surface area contributed by atoms with Gasteiger partial charge >= 0.3 is 0 Å². The van der Waals surface area contributed by atoms with Gasteiger partial charge < -0.3 is 20.7 Å². The van der Waals surface area contributed by atoms with Crippen molar-refractivity contribution in [3.8, 4) is 0 Å². The first kappa shape index (κ1) is 17.1. The second-order valence-electron chi connectivity index (χ2n) is 4.45. The van der Waals surface area contributed by atoms with E-state index in [1.165, 1.54) is 25.4 Å². The number of nitrogens with two attached hydrogens (primary N) is 1. The molecule has 2 aromatic rings. The van der Waals surface area contributed by atoms with Gasteiger partial charge in [-0.25, -0.2) is 13.1 Å². The second kappa shape index (κ2) is 6.90. The molecule has 0 fully saturated rings. The summed E-state index contributed by atoms with van der Waals surface area (Å²) in [5.41, 5.74) is 6.22. The lowest BCUT2D eigenvalue weighted by atomic mass is 10.1. The minimum absolute atomic E-state index is 0.00390. The van der Waals surface area contributed by atoms with Crippen LogP contribution in [0, 0.1) is 0 Å². The van der Waals surface area contributed by atoms with Gasteiger partial charge in [-0.2, -0.15) is 0 Å². The highest BCUT2D eigenvalue weighted by molar-refractivity contribution is 7.89. The zero-order valence-electron chi connectivity index (χ0n) is 12.1. The monoisotopic (exact) mass is 358 g/mol. The molecule has 0 radical (unpaired) electrons. The molecule has 0 saturated heterocycles. The maximum atomic E-state index is 12.0. The average Bonchev–Trinajstić information content (AvgIpc) is 3.05. The van der Waals surface area contributed by atoms with Gasteiger partial charge in [0, 0.05) is 11.3 Å². The lowest BCUT2D eigenvalue weighted by Gasteiger charge is -2.14. The van der Waals surface area contributed by atoms with Gasteiger partial charge in [0.1, 0.15) is 10.7 Å². The molecule has 0 bridgehead atoms. The molecule has 1 aromatic heterocycles. The quantitative estimate of drug-likeness (QED) is 0.268. The molecule has 0 spiro atoms. The van der Waals surface area contributed by atoms with Crippen LogP contribution in [0.15, 0.2) is 45.0 Å². The van der Waals surface area contributed by atoms with E-state index in [1.807, 2.05) is 0 Å². The lowest BCUT2D eigenvalue weighted by molar-refractivity contribution is 0.318. The molecule has 0 aliphatic carbocycles. The summed E-state index contributed by atoms with van der Waals surface area (Å²) in [5, 5.41) is 14.8. The van der Waals surface area contributed by atoms with E-state index in [2.05, 4.69) is 15.2 Å². The van der Waals surface area contributed by atoms with Crippen molar-refractivity contribution in [2.75, 3.05) is 12.4 Å². The number of hydrogen-bond acceptors (Lipinski definition) is 6. The van der Waals surface area contributed by atoms with Crippen LogP contribution in [-0.2, 0) is 16.6 Å². The van der Waals surface area contributed by atoms with Crippen LogP contribution in [0.4, 0.5) is 5.69 Å². The highest BCUT2D eigenvalue weighted by Gasteiger charge is 2.20. The first-order valence-corrected chi connectivity index (χ1v) is 8.26. The fourth-order valence-electron chi connectivity index (χ4n) is 1.88. The van der Waals surface area contributed by atoms with Crippen LogP contribution in [-0.4, -0.2) is 26.5 Å². The molecule has 10 heteroatoms. The summed E-state index contributed by atoms with van der Waals surface area (Å²) < 4.78 is 31.3. The van der Waals surface area contributed by atoms with Crippen LogP contribution in [0.25, 0.3) is 0 Å². The fraction of sp³-hybridized carbons (Fsp3) is 0.154. The van der Waals surface area contributed by atoms with E-state index in [-0.39, 0.29) is 21.3 Å². The van der Waals surface area contributed by atoms with E-state index in [0.29, 0.717) is 18.0 Å². The van der Waals surface area contributed by atoms with Crippen molar-refractivity contribution < 1.29 is 18.0 Å². The summed E-state index contributed by atoms with van der Waals surface area (Å²) in [6.45, 7) is 0.313. The molecule has 8 nitrogen and oxygen atoms in total. The fourth-order valence-corrected chi connectivity index (χ4v) is 3.15. The van der Waals surface area contributed by atoms with Crippen molar-refractivity contribution in [3.05, 3.63) is 46.9 Å². The minimum Gasteiger partial charge on any atom is -0.467 e. The molecular formula is C13H15ClN4O4S. The lowest BCUT2D eigenvalue weighted by Crippen LogP contribution is -2.21. The number of hydrogen-bond donors (Lipinski definition) is 4. The molecule has 0 aliphatic rings. The van der Waals surface area contributed by atoms with Crippen LogP contribution >= 0.6 is 11.6 Å². The molecule has 0 aliphatic heterocycles. The van der Waals surface area contributed by atoms with Crippen molar-refractivity contribution in [1.82, 2.24) is 4.72 Å². The maximum Gasteiger partial charge on any atom is 0.241 e. The predicted octanol–water partition coefficient (Wildman–Crippen LogP) is 1.55. The molecule has 0 amide bonds. The molecule has 23 heavy (non-hydrogen) atoms. The van der Waals surface area contributed by atoms with Crippen molar-refractivity contribution in [2.24, 2.45) is 10.9 Å². The number of oxime groups is 1. The van der Waals surface area contributed by atoms with Crippen LogP contribution in [0.2, 0.25) is 5.02 Å². The zero-order valence-corrected chi connectivity index (χ0v) is 13.6. The summed E-state index contributed by atoms with van der Waals surface area (Å²) in [6, 6.07) is 6.12. The van der Waals surface area contributed by atoms with Gasteiger partial charge in [0.2, 0.25) is 10.0 Å². The third-order valence-corrected chi connectivity index (χ3v) is 4.93. The summed E-state index contributed by atoms with van der Waals surface area (Å²) in [5.74, 6) is 0.398. The first-order chi connectivity index (χ1) is 10.9. The summed E-state index contributed by atoms with van der Waals surface area (Å²) in [7, 11) is -2.53. The Balaban J connectivity index is 2.47. The standard InChI is InChI=1S/C13H15ClN4O4S/c1-16-23(20,21)12-5-9(13(15)18-19)11(6-10(12)14)17-7-8-3-2-4-22-8/h2-6,16-17,19H,7H2,1H3,(H2,15,18). The Morgan fingerprint density at radius 3 is 2.78 bits per heavy atom. The van der Waals surface area contributed by atoms with Crippen LogP contribution < -0.4 is 15.8 Å². The third-order valence-electron chi connectivity index (χ3n) is 3.05. The third kappa shape index (κ3) is 3.76. The molecule has 5 N–H and O–H groups in total. The van der Waals surface area contributed by atoms with Crippen molar-refractivity contribution >= 4 is 33.1 Å². The van der Waals surface area contributed by atoms with Gasteiger partial charge in [-0.05, 0) is 31.3 Å². The van der Waals surface area contributed by atoms with E-state index < -0.39 is 10.0 Å². The zero-order chi connectivity index (χ0) is 17.0. The van der Waals surface area contributed by atoms with Crippen LogP contribution in [0.1, 0.15) is 11.3 Å². The summed E-state index contributed by atoms with van der Waals surface area (Å²) >= 11 is 6.05. The molecule has 1 aromatic carbocycles. The SMILES string of the molecule is CNS(=O)(=O)c1cc(C(N)=NO)c(NCc2ccco2)cc1Cl. The average molecular weight is 359 g/mol. The van der Waals surface area contributed by atoms with Crippen molar-refractivity contribution in [2.45, 2.75) is 11.4 Å². The number of benzene rings is 1. The van der Waals surface area contributed by atoms with Gasteiger partial charge in [-0.3, -0.25) is 0 Å². The molecule has 1 heterocycles. The Morgan fingerprint density at radius 1 is 1.48 bits per heavy atom. The summed E-state index contributed by atoms with van der Waals surface area (Å²) in [4.78, 5) is -0.174. The molecule has 0 unspecified atom stereocenters. The number of sulfonamides is 1. The van der Waals surface area contributed by atoms with Gasteiger partial charge in [-0.15, -0.1) is 0 Å². The molecule has 124 valence electrons. The minimum atomic E-state index is -3.79. The van der Waals surface area contributed by atoms with E-state index in [1.54, 1.807) is 12.1 Å². The van der Waals surface area contributed by atoms with E-state index in [4.69, 9.17) is 27.0 Å². The van der Waals surface area contributed by atoms with Gasteiger partial charge in [0.25, 0.3) is 0 Å². The normalized spacial score (nSPS) is 12.3. The molecule has 0 saturated carbocycles. The highest BCUT2D eigenvalue weighted by atomic mass is 35.5. The number of halogens is 1. The summed E-state index contributed by atoms with van der Waals surface area (Å²) in [6.07, 6.45) is 1.52. The predicted molar refractivity (Wildman–Crippen MR) is 86.2 cm³/mol. The Morgan fingerprint density at radius 2 is 2.22 bits per heavy atom. The second-order valence-corrected chi connectivity index (χ2v) is 6.72. The van der Waals surface area contributed by atoms with Gasteiger partial charge in [0.05, 0.1) is 17.8 Å². The molecule has 0 atom stereocenters. The topological polar surface area (TPSA) is 130 Å². The van der Waals surface area contributed by atoms with Gasteiger partial charge in [0.15, 0.2) is 5.84 Å². The first-order valence-electron chi connectivity index (χ1n) is 6.40. The maximum absolute atomic E-state index is 12.0. The van der Waals surface area contributed by atoms with Crippen molar-refractivity contribution in [1.29, 1.82) is 0 Å². The van der Waals surface area contributed by atoms with E-state index in [0.717, 1.165) is 0 Å². The van der Waals surface area contributed by atoms with E-state index in [9.17, 15) is 8.42 Å². The Labute approximate surface area is 138 Å². The number of amidine groups is 1. The van der Waals surface area contributed by atoms with Gasteiger partial charge in [-0.1, -0.05) is 16.8 Å². The molecule has 2 rings (SSSR count). The number of rotatable bonds is 6. The smallest absolute Gasteiger partial charge is 0.241 e. The molecular weight excluding hydrogens is 344 g/mol. The largest absolute Gasteiger partial charge is 0.467 e. The van der Waals surface area contributed by atoms with Crippen molar-refractivity contribution in [3.63, 3.8) is 0 Å². The number of nitrogens with zero attached hydrogens (tertiary/aromatic N) is 1. The Bertz CT molecular complexity index is 819. The number of nitrogens with one attached hydrogen (secondary N) is 2. The highest BCUT2D eigenvalue weighted by Crippen LogP contribution is 2.29. The number of furan rings is 1. The van der Waals surface area contributed by atoms with Crippen LogP contribution in [0.5, 0.6) is 0 Å². The van der Waals surface area contributed by atoms with E-state index >= 15 is 0 Å².